The third kappa shape index (κ3) is 4.14. The maximum Gasteiger partial charge on any atom is 0.0791 e. The van der Waals surface area contributed by atoms with Gasteiger partial charge in [0.1, 0.15) is 0 Å². The number of halogens is 2. The quantitative estimate of drug-likeness (QED) is 0.654. The highest BCUT2D eigenvalue weighted by Gasteiger charge is 2.10. The predicted molar refractivity (Wildman–Crippen MR) is 47.3 cm³/mol. The zero-order chi connectivity index (χ0) is 6.08. The lowest BCUT2D eigenvalue weighted by Gasteiger charge is -2.07. The molecule has 0 aliphatic rings. The molecule has 0 N–H and O–H groups in total. The molecule has 0 unspecified atom stereocenters. The van der Waals surface area contributed by atoms with Gasteiger partial charge in [-0.05, 0) is 31.0 Å². The first-order valence-corrected chi connectivity index (χ1v) is 8.84. The summed E-state index contributed by atoms with van der Waals surface area (Å²) in [5.41, 5.74) is 0.558. The van der Waals surface area contributed by atoms with Crippen LogP contribution < -0.4 is 0 Å². The van der Waals surface area contributed by atoms with Crippen LogP contribution in [0, 0.1) is 0 Å². The standard InChI is InChI=1S/C3H7Br2PS/c1-3(2)6(4,5)7/h3H,1-2H3. The number of hydrogen-bond acceptors (Lipinski definition) is 1. The van der Waals surface area contributed by atoms with Crippen molar-refractivity contribution in [3.8, 4) is 0 Å². The van der Waals surface area contributed by atoms with Gasteiger partial charge in [0.15, 0.2) is 0 Å². The topological polar surface area (TPSA) is 0 Å². The second kappa shape index (κ2) is 2.95. The molecule has 0 heterocycles. The van der Waals surface area contributed by atoms with E-state index in [0.717, 1.165) is 0 Å². The molecule has 0 radical (unpaired) electrons. The summed E-state index contributed by atoms with van der Waals surface area (Å²) in [6.45, 7) is 4.20. The van der Waals surface area contributed by atoms with E-state index in [2.05, 4.69) is 44.8 Å². The summed E-state index contributed by atoms with van der Waals surface area (Å²) in [6.07, 6.45) is 0. The van der Waals surface area contributed by atoms with Gasteiger partial charge in [-0.15, -0.1) is 0 Å². The lowest BCUT2D eigenvalue weighted by atomic mass is 10.6. The first kappa shape index (κ1) is 8.61. The molecule has 7 heavy (non-hydrogen) atoms. The fourth-order valence-electron chi connectivity index (χ4n) is 0. The lowest BCUT2D eigenvalue weighted by molar-refractivity contribution is 1.11. The second-order valence-electron chi connectivity index (χ2n) is 1.60. The van der Waals surface area contributed by atoms with Crippen molar-refractivity contribution in [2.24, 2.45) is 0 Å². The van der Waals surface area contributed by atoms with Crippen LogP contribution in [0.25, 0.3) is 0 Å². The summed E-state index contributed by atoms with van der Waals surface area (Å²) in [6, 6.07) is 0. The van der Waals surface area contributed by atoms with E-state index in [1.165, 1.54) is 0 Å². The van der Waals surface area contributed by atoms with Gasteiger partial charge < -0.3 is 0 Å². The Labute approximate surface area is 65.5 Å². The van der Waals surface area contributed by atoms with Gasteiger partial charge in [0.2, 0.25) is 0 Å². The zero-order valence-corrected chi connectivity index (χ0v) is 9.07. The van der Waals surface area contributed by atoms with Gasteiger partial charge >= 0.3 is 0 Å². The van der Waals surface area contributed by atoms with E-state index < -0.39 is 3.44 Å². The van der Waals surface area contributed by atoms with E-state index in [1.807, 2.05) is 0 Å². The summed E-state index contributed by atoms with van der Waals surface area (Å²) in [7, 11) is 0. The summed E-state index contributed by atoms with van der Waals surface area (Å²) in [5.74, 6) is 0. The predicted octanol–water partition coefficient (Wildman–Crippen LogP) is 3.49. The zero-order valence-electron chi connectivity index (χ0n) is 4.19. The van der Waals surface area contributed by atoms with Gasteiger partial charge in [0.05, 0.1) is 3.44 Å². The molecule has 0 saturated carbocycles. The van der Waals surface area contributed by atoms with Gasteiger partial charge in [-0.25, -0.2) is 0 Å². The average molecular weight is 266 g/mol. The van der Waals surface area contributed by atoms with Crippen LogP contribution in [0.1, 0.15) is 13.8 Å². The maximum atomic E-state index is 5.05. The van der Waals surface area contributed by atoms with Crippen molar-refractivity contribution in [2.45, 2.75) is 19.5 Å². The Morgan fingerprint density at radius 2 is 1.57 bits per heavy atom. The van der Waals surface area contributed by atoms with Crippen molar-refractivity contribution >= 4 is 46.2 Å². The first-order valence-electron chi connectivity index (χ1n) is 1.93. The molecule has 0 spiro atoms. The molecule has 0 saturated heterocycles. The van der Waals surface area contributed by atoms with Gasteiger partial charge in [-0.3, -0.25) is 0 Å². The Hall–Kier alpha value is 1.61. The minimum Gasteiger partial charge on any atom is -0.0730 e. The molecule has 0 aromatic heterocycles. The van der Waals surface area contributed by atoms with Crippen molar-refractivity contribution in [2.75, 3.05) is 0 Å². The number of rotatable bonds is 1. The fraction of sp³-hybridized carbons (Fsp3) is 1.00. The molecule has 0 aliphatic carbocycles. The van der Waals surface area contributed by atoms with Crippen LogP contribution in [0.4, 0.5) is 0 Å². The molecule has 44 valence electrons. The van der Waals surface area contributed by atoms with Crippen molar-refractivity contribution < 1.29 is 0 Å². The smallest absolute Gasteiger partial charge is 0.0730 e. The van der Waals surface area contributed by atoms with Gasteiger partial charge in [-0.2, -0.15) is 0 Å². The van der Waals surface area contributed by atoms with Crippen molar-refractivity contribution in [1.82, 2.24) is 0 Å². The largest absolute Gasteiger partial charge is 0.0791 e. The molecule has 0 aromatic carbocycles. The molecule has 0 nitrogen and oxygen atoms in total. The Morgan fingerprint density at radius 3 is 1.57 bits per heavy atom. The highest BCUT2D eigenvalue weighted by atomic mass is 79.9. The molecule has 4 heteroatoms. The highest BCUT2D eigenvalue weighted by molar-refractivity contribution is 9.74. The third-order valence-corrected chi connectivity index (χ3v) is 7.98. The van der Waals surface area contributed by atoms with E-state index in [1.54, 1.807) is 0 Å². The van der Waals surface area contributed by atoms with Crippen LogP contribution in [0.15, 0.2) is 0 Å². The molecule has 0 bridgehead atoms. The van der Waals surface area contributed by atoms with Crippen molar-refractivity contribution in [3.05, 3.63) is 0 Å². The number of hydrogen-bond donors (Lipinski definition) is 0. The van der Waals surface area contributed by atoms with E-state index >= 15 is 0 Å². The summed E-state index contributed by atoms with van der Waals surface area (Å²) in [5, 5.41) is 0. The second-order valence-corrected chi connectivity index (χ2v) is 17.7. The normalized spacial score (nSPS) is 12.7. The molecule has 0 atom stereocenters. The van der Waals surface area contributed by atoms with Crippen LogP contribution in [0.3, 0.4) is 0 Å². The van der Waals surface area contributed by atoms with E-state index in [0.29, 0.717) is 5.66 Å². The molecule has 0 aliphatic heterocycles. The van der Waals surface area contributed by atoms with Crippen LogP contribution in [-0.2, 0) is 11.8 Å². The Morgan fingerprint density at radius 1 is 1.43 bits per heavy atom. The van der Waals surface area contributed by atoms with Crippen LogP contribution in [0.2, 0.25) is 0 Å². The Balaban J connectivity index is 3.80. The SMILES string of the molecule is CC(C)P(=S)(Br)Br. The molecular weight excluding hydrogens is 259 g/mol. The minimum absolute atomic E-state index is 0.558. The maximum absolute atomic E-state index is 5.05. The van der Waals surface area contributed by atoms with Gasteiger partial charge in [0.25, 0.3) is 0 Å². The van der Waals surface area contributed by atoms with Crippen LogP contribution in [0.5, 0.6) is 0 Å². The molecule has 0 aromatic rings. The molecule has 0 fully saturated rings. The van der Waals surface area contributed by atoms with Crippen molar-refractivity contribution in [3.63, 3.8) is 0 Å². The summed E-state index contributed by atoms with van der Waals surface area (Å²) < 4.78 is -1.28. The Kier molecular flexibility index (Phi) is 3.63. The summed E-state index contributed by atoms with van der Waals surface area (Å²) >= 11 is 11.8. The molecule has 0 rings (SSSR count). The van der Waals surface area contributed by atoms with Gasteiger partial charge in [0, 0.05) is 5.66 Å². The Bertz CT molecular complexity index is 95.1. The fourth-order valence-corrected chi connectivity index (χ4v) is 0. The van der Waals surface area contributed by atoms with Crippen LogP contribution >= 0.6 is 34.4 Å². The first-order chi connectivity index (χ1) is 2.94. The van der Waals surface area contributed by atoms with Crippen LogP contribution in [-0.4, -0.2) is 5.66 Å². The molecular formula is C3H7Br2PS. The summed E-state index contributed by atoms with van der Waals surface area (Å²) in [4.78, 5) is 0. The van der Waals surface area contributed by atoms with Gasteiger partial charge in [-0.1, -0.05) is 25.7 Å². The van der Waals surface area contributed by atoms with Crippen molar-refractivity contribution in [1.29, 1.82) is 0 Å². The lowest BCUT2D eigenvalue weighted by Crippen LogP contribution is -1.82. The van der Waals surface area contributed by atoms with E-state index in [-0.39, 0.29) is 0 Å². The highest BCUT2D eigenvalue weighted by Crippen LogP contribution is 2.65. The minimum atomic E-state index is -1.28. The van der Waals surface area contributed by atoms with E-state index in [4.69, 9.17) is 11.8 Å². The third-order valence-electron chi connectivity index (χ3n) is 0.601. The molecule has 0 amide bonds. The monoisotopic (exact) mass is 264 g/mol. The van der Waals surface area contributed by atoms with E-state index in [9.17, 15) is 0 Å². The average Bonchev–Trinajstić information content (AvgIpc) is 1.31.